The molecule has 2 aliphatic rings. The number of hydrogen-bond donors (Lipinski definition) is 0. The van der Waals surface area contributed by atoms with Gasteiger partial charge in [-0.05, 0) is 59.1 Å². The first-order valence-electron chi connectivity index (χ1n) is 9.84. The van der Waals surface area contributed by atoms with E-state index in [4.69, 9.17) is 9.47 Å². The quantitative estimate of drug-likeness (QED) is 0.699. The normalized spacial score (nSPS) is 19.7. The van der Waals surface area contributed by atoms with Crippen LogP contribution >= 0.6 is 15.9 Å². The molecule has 0 spiro atoms. The molecule has 2 saturated heterocycles. The van der Waals surface area contributed by atoms with Crippen LogP contribution in [0.3, 0.4) is 0 Å². The summed E-state index contributed by atoms with van der Waals surface area (Å²) in [6.07, 6.45) is 2.32. The molecule has 0 N–H and O–H groups in total. The molecular weight excluding hydrogens is 420 g/mol. The van der Waals surface area contributed by atoms with Gasteiger partial charge in [-0.1, -0.05) is 18.2 Å². The van der Waals surface area contributed by atoms with Gasteiger partial charge in [-0.3, -0.25) is 4.79 Å². The van der Waals surface area contributed by atoms with Gasteiger partial charge in [0.2, 0.25) is 0 Å². The minimum absolute atomic E-state index is 0.0686. The van der Waals surface area contributed by atoms with Gasteiger partial charge >= 0.3 is 0 Å². The molecule has 5 nitrogen and oxygen atoms in total. The number of amides is 1. The van der Waals surface area contributed by atoms with Crippen molar-refractivity contribution >= 4 is 27.5 Å². The Morgan fingerprint density at radius 1 is 1.11 bits per heavy atom. The molecule has 1 amide bonds. The minimum Gasteiger partial charge on any atom is -0.490 e. The van der Waals surface area contributed by atoms with E-state index in [9.17, 15) is 4.79 Å². The maximum Gasteiger partial charge on any atom is 0.254 e. The summed E-state index contributed by atoms with van der Waals surface area (Å²) >= 11 is 3.54. The molecule has 0 aliphatic carbocycles. The molecule has 0 saturated carbocycles. The summed E-state index contributed by atoms with van der Waals surface area (Å²) in [5.74, 6) is 0.819. The van der Waals surface area contributed by atoms with Crippen LogP contribution in [0, 0.1) is 0 Å². The first-order valence-corrected chi connectivity index (χ1v) is 10.6. The summed E-state index contributed by atoms with van der Waals surface area (Å²) in [5, 5.41) is 0. The van der Waals surface area contributed by atoms with Crippen LogP contribution in [0.15, 0.2) is 53.0 Å². The van der Waals surface area contributed by atoms with Crippen molar-refractivity contribution in [1.82, 2.24) is 4.90 Å². The maximum absolute atomic E-state index is 12.9. The number of rotatable bonds is 5. The zero-order valence-corrected chi connectivity index (χ0v) is 17.4. The summed E-state index contributed by atoms with van der Waals surface area (Å²) in [6, 6.07) is 15.9. The van der Waals surface area contributed by atoms with Crippen LogP contribution in [0.1, 0.15) is 23.2 Å². The van der Waals surface area contributed by atoms with Crippen LogP contribution in [0.25, 0.3) is 0 Å². The van der Waals surface area contributed by atoms with E-state index in [1.807, 2.05) is 41.3 Å². The highest BCUT2D eigenvalue weighted by atomic mass is 79.9. The second-order valence-electron chi connectivity index (χ2n) is 7.21. The van der Waals surface area contributed by atoms with Crippen LogP contribution in [-0.4, -0.2) is 56.3 Å². The third-order valence-electron chi connectivity index (χ3n) is 5.32. The number of nitrogens with zero attached hydrogens (tertiary/aromatic N) is 2. The molecule has 6 heteroatoms. The van der Waals surface area contributed by atoms with Crippen molar-refractivity contribution in [2.24, 2.45) is 0 Å². The summed E-state index contributed by atoms with van der Waals surface area (Å²) in [4.78, 5) is 17.1. The predicted octanol–water partition coefficient (Wildman–Crippen LogP) is 3.97. The first-order chi connectivity index (χ1) is 13.7. The second kappa shape index (κ2) is 8.97. The highest BCUT2D eigenvalue weighted by Crippen LogP contribution is 2.28. The summed E-state index contributed by atoms with van der Waals surface area (Å²) in [6.45, 7) is 4.51. The van der Waals surface area contributed by atoms with Gasteiger partial charge in [-0.2, -0.15) is 0 Å². The lowest BCUT2D eigenvalue weighted by Gasteiger charge is -2.36. The minimum atomic E-state index is 0.0686. The topological polar surface area (TPSA) is 42.0 Å². The first kappa shape index (κ1) is 19.3. The monoisotopic (exact) mass is 444 g/mol. The number of carbonyl (C=O) groups excluding carboxylic acids is 1. The van der Waals surface area contributed by atoms with Crippen LogP contribution in [-0.2, 0) is 4.74 Å². The van der Waals surface area contributed by atoms with E-state index in [0.29, 0.717) is 12.2 Å². The van der Waals surface area contributed by atoms with Gasteiger partial charge in [0.1, 0.15) is 12.4 Å². The number of carbonyl (C=O) groups is 1. The van der Waals surface area contributed by atoms with Crippen molar-refractivity contribution in [3.63, 3.8) is 0 Å². The number of halogens is 1. The number of para-hydroxylation sites is 1. The Morgan fingerprint density at radius 3 is 2.57 bits per heavy atom. The zero-order chi connectivity index (χ0) is 19.3. The van der Waals surface area contributed by atoms with Crippen LogP contribution in [0.2, 0.25) is 0 Å². The molecule has 2 aromatic carbocycles. The average Bonchev–Trinajstić information content (AvgIpc) is 3.27. The van der Waals surface area contributed by atoms with Crippen molar-refractivity contribution in [3.8, 4) is 5.75 Å². The summed E-state index contributed by atoms with van der Waals surface area (Å²) in [5.41, 5.74) is 1.90. The number of piperazine rings is 1. The van der Waals surface area contributed by atoms with Crippen LogP contribution < -0.4 is 9.64 Å². The fraction of sp³-hybridized carbons (Fsp3) is 0.409. The molecule has 148 valence electrons. The lowest BCUT2D eigenvalue weighted by molar-refractivity contribution is 0.0676. The van der Waals surface area contributed by atoms with Gasteiger partial charge in [0, 0.05) is 44.0 Å². The molecule has 0 aromatic heterocycles. The number of benzene rings is 2. The SMILES string of the molecule is O=C(c1ccc(OC[C@H]2CCCO2)c(Br)c1)N1CCN(c2ccccc2)CC1. The number of anilines is 1. The van der Waals surface area contributed by atoms with Crippen molar-refractivity contribution in [2.45, 2.75) is 18.9 Å². The summed E-state index contributed by atoms with van der Waals surface area (Å²) < 4.78 is 12.3. The fourth-order valence-electron chi connectivity index (χ4n) is 3.70. The molecule has 2 aromatic rings. The van der Waals surface area contributed by atoms with Gasteiger partial charge in [0.25, 0.3) is 5.91 Å². The van der Waals surface area contributed by atoms with E-state index in [1.165, 1.54) is 5.69 Å². The van der Waals surface area contributed by atoms with Crippen molar-refractivity contribution in [3.05, 3.63) is 58.6 Å². The molecule has 4 rings (SSSR count). The fourth-order valence-corrected chi connectivity index (χ4v) is 4.19. The van der Waals surface area contributed by atoms with E-state index in [-0.39, 0.29) is 12.0 Å². The van der Waals surface area contributed by atoms with Crippen LogP contribution in [0.4, 0.5) is 5.69 Å². The molecule has 2 aliphatic heterocycles. The molecular formula is C22H25BrN2O3. The highest BCUT2D eigenvalue weighted by molar-refractivity contribution is 9.10. The van der Waals surface area contributed by atoms with Gasteiger partial charge in [0.05, 0.1) is 10.6 Å². The van der Waals surface area contributed by atoms with E-state index >= 15 is 0 Å². The molecule has 28 heavy (non-hydrogen) atoms. The van der Waals surface area contributed by atoms with Gasteiger partial charge < -0.3 is 19.3 Å². The van der Waals surface area contributed by atoms with Crippen molar-refractivity contribution < 1.29 is 14.3 Å². The summed E-state index contributed by atoms with van der Waals surface area (Å²) in [7, 11) is 0. The predicted molar refractivity (Wildman–Crippen MR) is 113 cm³/mol. The standard InChI is InChI=1S/C22H25BrN2O3/c23-20-15-17(8-9-21(20)28-16-19-7-4-14-27-19)22(26)25-12-10-24(11-13-25)18-5-2-1-3-6-18/h1-3,5-6,8-9,15,19H,4,7,10-14,16H2/t19-/m1/s1. The smallest absolute Gasteiger partial charge is 0.254 e. The molecule has 2 heterocycles. The van der Waals surface area contributed by atoms with E-state index in [2.05, 4.69) is 33.0 Å². The number of hydrogen-bond acceptors (Lipinski definition) is 4. The van der Waals surface area contributed by atoms with Crippen molar-refractivity contribution in [1.29, 1.82) is 0 Å². The van der Waals surface area contributed by atoms with E-state index in [0.717, 1.165) is 55.8 Å². The van der Waals surface area contributed by atoms with E-state index < -0.39 is 0 Å². The Hall–Kier alpha value is -2.05. The molecule has 2 fully saturated rings. The molecule has 1 atom stereocenters. The average molecular weight is 445 g/mol. The second-order valence-corrected chi connectivity index (χ2v) is 8.06. The third kappa shape index (κ3) is 4.50. The van der Waals surface area contributed by atoms with Gasteiger partial charge in [0.15, 0.2) is 0 Å². The lowest BCUT2D eigenvalue weighted by Crippen LogP contribution is -2.48. The Balaban J connectivity index is 1.34. The Labute approximate surface area is 174 Å². The van der Waals surface area contributed by atoms with Gasteiger partial charge in [-0.15, -0.1) is 0 Å². The lowest BCUT2D eigenvalue weighted by atomic mass is 10.1. The molecule has 0 unspecified atom stereocenters. The highest BCUT2D eigenvalue weighted by Gasteiger charge is 2.23. The van der Waals surface area contributed by atoms with Crippen LogP contribution in [0.5, 0.6) is 5.75 Å². The Bertz CT molecular complexity index is 801. The zero-order valence-electron chi connectivity index (χ0n) is 15.9. The Morgan fingerprint density at radius 2 is 1.89 bits per heavy atom. The largest absolute Gasteiger partial charge is 0.490 e. The van der Waals surface area contributed by atoms with Gasteiger partial charge in [-0.25, -0.2) is 0 Å². The maximum atomic E-state index is 12.9. The molecule has 0 radical (unpaired) electrons. The number of ether oxygens (including phenoxy) is 2. The molecule has 0 bridgehead atoms. The Kier molecular flexibility index (Phi) is 6.17. The van der Waals surface area contributed by atoms with E-state index in [1.54, 1.807) is 0 Å². The third-order valence-corrected chi connectivity index (χ3v) is 5.94. The van der Waals surface area contributed by atoms with Crippen molar-refractivity contribution in [2.75, 3.05) is 44.3 Å².